The Labute approximate surface area is 259 Å². The Kier molecular flexibility index (Phi) is 11.2. The van der Waals surface area contributed by atoms with Crippen molar-refractivity contribution in [2.24, 2.45) is 0 Å². The summed E-state index contributed by atoms with van der Waals surface area (Å²) < 4.78 is 57.2. The average Bonchev–Trinajstić information content (AvgIpc) is 3.36. The van der Waals surface area contributed by atoms with Crippen molar-refractivity contribution in [2.45, 2.75) is 74.6 Å². The van der Waals surface area contributed by atoms with Crippen LogP contribution in [0.2, 0.25) is 0 Å². The number of aromatic nitrogens is 2. The molecule has 1 aromatic heterocycles. The zero-order valence-electron chi connectivity index (χ0n) is 24.8. The van der Waals surface area contributed by atoms with E-state index in [0.29, 0.717) is 82.1 Å². The summed E-state index contributed by atoms with van der Waals surface area (Å²) in [6.07, 6.45) is -2.89. The fourth-order valence-corrected chi connectivity index (χ4v) is 7.44. The number of aliphatic hydroxyl groups is 2. The number of alkyl halides is 4. The zero-order chi connectivity index (χ0) is 31.3. The molecular weight excluding hydrogens is 600 g/mol. The number of nitrogens with one attached hydrogen (secondary N) is 2. The average molecular weight is 643 g/mol. The third kappa shape index (κ3) is 8.52. The van der Waals surface area contributed by atoms with Gasteiger partial charge in [0.1, 0.15) is 12.8 Å². The number of aliphatic hydroxyl groups excluding tert-OH is 2. The van der Waals surface area contributed by atoms with Crippen LogP contribution in [0.4, 0.5) is 17.6 Å². The zero-order valence-corrected chi connectivity index (χ0v) is 25.6. The lowest BCUT2D eigenvalue weighted by Gasteiger charge is -2.33. The molecule has 5 rings (SSSR count). The lowest BCUT2D eigenvalue weighted by molar-refractivity contribution is -0.139. The van der Waals surface area contributed by atoms with E-state index in [0.717, 1.165) is 36.7 Å². The van der Waals surface area contributed by atoms with E-state index < -0.39 is 30.6 Å². The smallest absolute Gasteiger partial charge is 0.390 e. The standard InChI is InChI=1S/C30H42F4N6O3S/c31-21-4-9-38(10-5-21)13-14-44-27-15-20(1-2-25(27)30(32,33)34)29-24-16-35-8-3-26(24)40(37-29)18-23(42)17-39-11-6-22(7-12-39)36-28(43)19-41/h1-2,15,21-23,35,41-42H,3-14,16-19H2,(H,36,43). The van der Waals surface area contributed by atoms with Gasteiger partial charge in [0.2, 0.25) is 5.91 Å². The van der Waals surface area contributed by atoms with Crippen molar-refractivity contribution < 1.29 is 32.6 Å². The van der Waals surface area contributed by atoms with E-state index in [4.69, 9.17) is 10.2 Å². The van der Waals surface area contributed by atoms with Crippen LogP contribution in [0.1, 0.15) is 42.5 Å². The highest BCUT2D eigenvalue weighted by atomic mass is 32.2. The van der Waals surface area contributed by atoms with E-state index >= 15 is 0 Å². The first-order valence-corrected chi connectivity index (χ1v) is 16.4. The van der Waals surface area contributed by atoms with E-state index in [9.17, 15) is 27.5 Å². The van der Waals surface area contributed by atoms with Crippen LogP contribution in [0, 0.1) is 0 Å². The number of carbonyl (C=O) groups is 1. The minimum Gasteiger partial charge on any atom is -0.390 e. The number of likely N-dealkylation sites (tertiary alicyclic amines) is 2. The van der Waals surface area contributed by atoms with Crippen molar-refractivity contribution in [3.05, 3.63) is 35.0 Å². The van der Waals surface area contributed by atoms with Crippen LogP contribution in [0.15, 0.2) is 23.1 Å². The Morgan fingerprint density at radius 2 is 1.84 bits per heavy atom. The number of piperidine rings is 2. The fourth-order valence-electron chi connectivity index (χ4n) is 6.32. The maximum atomic E-state index is 14.0. The highest BCUT2D eigenvalue weighted by molar-refractivity contribution is 7.99. The van der Waals surface area contributed by atoms with Gasteiger partial charge in [-0.3, -0.25) is 9.48 Å². The second-order valence-electron chi connectivity index (χ2n) is 11.9. The Bertz CT molecular complexity index is 1260. The summed E-state index contributed by atoms with van der Waals surface area (Å²) in [5, 5.41) is 30.9. The maximum absolute atomic E-state index is 14.0. The van der Waals surface area contributed by atoms with Crippen molar-refractivity contribution in [2.75, 3.05) is 58.2 Å². The lowest BCUT2D eigenvalue weighted by atomic mass is 10.0. The SMILES string of the molecule is O=C(CO)NC1CCN(CC(O)Cn2nc(-c3ccc(C(F)(F)F)c(SCCN4CCC(F)CC4)c3)c3c2CCNC3)CC1. The van der Waals surface area contributed by atoms with Gasteiger partial charge in [-0.1, -0.05) is 6.07 Å². The topological polar surface area (TPSA) is 106 Å². The molecule has 9 nitrogen and oxygen atoms in total. The van der Waals surface area contributed by atoms with Gasteiger partial charge in [0, 0.05) is 92.3 Å². The number of carbonyl (C=O) groups excluding carboxylic acids is 1. The van der Waals surface area contributed by atoms with Crippen molar-refractivity contribution in [1.29, 1.82) is 0 Å². The molecule has 4 heterocycles. The maximum Gasteiger partial charge on any atom is 0.417 e. The normalized spacial score (nSPS) is 20.0. The Morgan fingerprint density at radius 1 is 1.11 bits per heavy atom. The highest BCUT2D eigenvalue weighted by Gasteiger charge is 2.34. The minimum atomic E-state index is -4.49. The predicted molar refractivity (Wildman–Crippen MR) is 160 cm³/mol. The molecule has 14 heteroatoms. The van der Waals surface area contributed by atoms with Crippen LogP contribution in [-0.2, 0) is 30.5 Å². The van der Waals surface area contributed by atoms with Crippen molar-refractivity contribution in [3.8, 4) is 11.3 Å². The van der Waals surface area contributed by atoms with Crippen molar-refractivity contribution in [3.63, 3.8) is 0 Å². The number of hydrogen-bond donors (Lipinski definition) is 4. The van der Waals surface area contributed by atoms with Crippen molar-refractivity contribution in [1.82, 2.24) is 30.2 Å². The summed E-state index contributed by atoms with van der Waals surface area (Å²) in [4.78, 5) is 15.9. The second-order valence-corrected chi connectivity index (χ2v) is 13.0. The number of β-amino-alcohol motifs (C(OH)–C–C–N with tert-alkyl or cyclic N) is 1. The molecular formula is C30H42F4N6O3S. The minimum absolute atomic E-state index is 0.0110. The third-order valence-electron chi connectivity index (χ3n) is 8.70. The van der Waals surface area contributed by atoms with E-state index in [-0.39, 0.29) is 23.4 Å². The van der Waals surface area contributed by atoms with Crippen LogP contribution in [0.3, 0.4) is 0 Å². The predicted octanol–water partition coefficient (Wildman–Crippen LogP) is 2.67. The number of halogens is 4. The number of rotatable bonds is 11. The number of amides is 1. The van der Waals surface area contributed by atoms with E-state index in [1.807, 2.05) is 4.68 Å². The molecule has 0 bridgehead atoms. The van der Waals surface area contributed by atoms with E-state index in [1.54, 1.807) is 6.07 Å². The molecule has 2 saturated heterocycles. The molecule has 1 unspecified atom stereocenters. The molecule has 0 spiro atoms. The van der Waals surface area contributed by atoms with E-state index in [1.165, 1.54) is 17.8 Å². The fraction of sp³-hybridized carbons (Fsp3) is 0.667. The summed E-state index contributed by atoms with van der Waals surface area (Å²) in [5.74, 6) is 0.0837. The summed E-state index contributed by atoms with van der Waals surface area (Å²) in [7, 11) is 0. The largest absolute Gasteiger partial charge is 0.417 e. The first-order chi connectivity index (χ1) is 21.1. The number of benzene rings is 1. The lowest BCUT2D eigenvalue weighted by Crippen LogP contribution is -2.47. The molecule has 2 aromatic rings. The number of fused-ring (bicyclic) bond motifs is 1. The van der Waals surface area contributed by atoms with Gasteiger partial charge in [-0.15, -0.1) is 11.8 Å². The quantitative estimate of drug-likeness (QED) is 0.219. The van der Waals surface area contributed by atoms with Crippen LogP contribution in [0.5, 0.6) is 0 Å². The molecule has 4 N–H and O–H groups in total. The van der Waals surface area contributed by atoms with Crippen LogP contribution in [0.25, 0.3) is 11.3 Å². The van der Waals surface area contributed by atoms with Gasteiger partial charge in [0.15, 0.2) is 0 Å². The van der Waals surface area contributed by atoms with Gasteiger partial charge in [-0.25, -0.2) is 4.39 Å². The van der Waals surface area contributed by atoms with Gasteiger partial charge in [0.05, 0.1) is 23.9 Å². The number of nitrogens with zero attached hydrogens (tertiary/aromatic N) is 4. The first kappa shape index (κ1) is 33.1. The highest BCUT2D eigenvalue weighted by Crippen LogP contribution is 2.40. The Morgan fingerprint density at radius 3 is 2.55 bits per heavy atom. The van der Waals surface area contributed by atoms with Gasteiger partial charge in [-0.05, 0) is 37.8 Å². The Balaban J connectivity index is 1.27. The summed E-state index contributed by atoms with van der Waals surface area (Å²) >= 11 is 1.17. The van der Waals surface area contributed by atoms with E-state index in [2.05, 4.69) is 20.4 Å². The van der Waals surface area contributed by atoms with Crippen molar-refractivity contribution >= 4 is 17.7 Å². The number of thioether (sulfide) groups is 1. The summed E-state index contributed by atoms with van der Waals surface area (Å²) in [5.41, 5.74) is 2.48. The van der Waals surface area contributed by atoms with Gasteiger partial charge >= 0.3 is 6.18 Å². The molecule has 244 valence electrons. The third-order valence-corrected chi connectivity index (χ3v) is 9.73. The molecule has 44 heavy (non-hydrogen) atoms. The molecule has 1 amide bonds. The van der Waals surface area contributed by atoms with Crippen LogP contribution >= 0.6 is 11.8 Å². The Hall–Kier alpha value is -2.23. The van der Waals surface area contributed by atoms with Gasteiger partial charge in [0.25, 0.3) is 0 Å². The molecule has 2 fully saturated rings. The first-order valence-electron chi connectivity index (χ1n) is 15.4. The van der Waals surface area contributed by atoms with Gasteiger partial charge in [-0.2, -0.15) is 18.3 Å². The molecule has 0 saturated carbocycles. The monoisotopic (exact) mass is 642 g/mol. The van der Waals surface area contributed by atoms with Crippen LogP contribution in [-0.4, -0.2) is 112 Å². The van der Waals surface area contributed by atoms with Gasteiger partial charge < -0.3 is 30.6 Å². The summed E-state index contributed by atoms with van der Waals surface area (Å²) in [6.45, 7) is 4.72. The molecule has 3 aliphatic heterocycles. The molecule has 1 aromatic carbocycles. The summed E-state index contributed by atoms with van der Waals surface area (Å²) in [6, 6.07) is 4.21. The number of hydrogen-bond acceptors (Lipinski definition) is 8. The molecule has 3 aliphatic rings. The van der Waals surface area contributed by atoms with Crippen LogP contribution < -0.4 is 10.6 Å². The second kappa shape index (κ2) is 14.9. The molecule has 0 aliphatic carbocycles. The molecule has 0 radical (unpaired) electrons. The molecule has 1 atom stereocenters.